The molecule has 1 aromatic heterocycles. The maximum Gasteiger partial charge on any atom is 0.259 e. The van der Waals surface area contributed by atoms with Gasteiger partial charge in [-0.15, -0.1) is 0 Å². The summed E-state index contributed by atoms with van der Waals surface area (Å²) in [6.07, 6.45) is 1.63. The maximum atomic E-state index is 12.2. The van der Waals surface area contributed by atoms with Gasteiger partial charge in [0.05, 0.1) is 16.5 Å². The number of aromatic nitrogens is 2. The summed E-state index contributed by atoms with van der Waals surface area (Å²) >= 11 is 9.27. The SMILES string of the molecule is N#C/C(=C\c1cccc(Cl)c1)c1nc2ccc(Br)cc2c(=O)[nH]1. The van der Waals surface area contributed by atoms with Crippen molar-refractivity contribution in [3.63, 3.8) is 0 Å². The van der Waals surface area contributed by atoms with E-state index in [0.29, 0.717) is 15.9 Å². The molecule has 0 bridgehead atoms. The van der Waals surface area contributed by atoms with Crippen LogP contribution in [0.3, 0.4) is 0 Å². The molecule has 0 spiro atoms. The van der Waals surface area contributed by atoms with Crippen LogP contribution in [-0.2, 0) is 0 Å². The molecule has 0 atom stereocenters. The van der Waals surface area contributed by atoms with Gasteiger partial charge in [0.25, 0.3) is 5.56 Å². The fourth-order valence-electron chi connectivity index (χ4n) is 2.16. The zero-order valence-electron chi connectivity index (χ0n) is 11.7. The molecule has 2 aromatic carbocycles. The Morgan fingerprint density at radius 2 is 2.13 bits per heavy atom. The molecule has 0 saturated heterocycles. The van der Waals surface area contributed by atoms with E-state index in [9.17, 15) is 10.1 Å². The Morgan fingerprint density at radius 1 is 1.30 bits per heavy atom. The fraction of sp³-hybridized carbons (Fsp3) is 0. The van der Waals surface area contributed by atoms with E-state index < -0.39 is 0 Å². The average molecular weight is 387 g/mol. The topological polar surface area (TPSA) is 69.5 Å². The van der Waals surface area contributed by atoms with Crippen molar-refractivity contribution < 1.29 is 0 Å². The van der Waals surface area contributed by atoms with Crippen molar-refractivity contribution in [3.8, 4) is 6.07 Å². The Balaban J connectivity index is 2.16. The molecule has 1 heterocycles. The van der Waals surface area contributed by atoms with Crippen LogP contribution in [0.1, 0.15) is 11.4 Å². The monoisotopic (exact) mass is 385 g/mol. The molecule has 3 aromatic rings. The van der Waals surface area contributed by atoms with E-state index in [0.717, 1.165) is 10.0 Å². The Labute approximate surface area is 145 Å². The van der Waals surface area contributed by atoms with Gasteiger partial charge in [-0.05, 0) is 42.0 Å². The van der Waals surface area contributed by atoms with Gasteiger partial charge < -0.3 is 4.98 Å². The van der Waals surface area contributed by atoms with Crippen LogP contribution in [0.2, 0.25) is 5.02 Å². The molecule has 0 fully saturated rings. The normalized spacial score (nSPS) is 11.4. The summed E-state index contributed by atoms with van der Waals surface area (Å²) in [5, 5.41) is 10.4. The Hall–Kier alpha value is -2.42. The van der Waals surface area contributed by atoms with Gasteiger partial charge in [0.15, 0.2) is 5.82 Å². The average Bonchev–Trinajstić information content (AvgIpc) is 2.53. The number of H-pyrrole nitrogens is 1. The standard InChI is InChI=1S/C17H9BrClN3O/c18-12-4-5-15-14(8-12)17(23)22-16(21-15)11(9-20)6-10-2-1-3-13(19)7-10/h1-8H,(H,21,22,23)/b11-6+. The van der Waals surface area contributed by atoms with Crippen LogP contribution in [0, 0.1) is 11.3 Å². The lowest BCUT2D eigenvalue weighted by molar-refractivity contribution is 1.13. The highest BCUT2D eigenvalue weighted by Crippen LogP contribution is 2.19. The predicted octanol–water partition coefficient (Wildman–Crippen LogP) is 4.40. The highest BCUT2D eigenvalue weighted by atomic mass is 79.9. The van der Waals surface area contributed by atoms with E-state index in [-0.39, 0.29) is 17.0 Å². The molecule has 6 heteroatoms. The molecule has 0 unspecified atom stereocenters. The molecular formula is C17H9BrClN3O. The van der Waals surface area contributed by atoms with Gasteiger partial charge in [-0.1, -0.05) is 39.7 Å². The van der Waals surface area contributed by atoms with Crippen LogP contribution in [-0.4, -0.2) is 9.97 Å². The number of halogens is 2. The number of nitriles is 1. The van der Waals surface area contributed by atoms with Crippen LogP contribution >= 0.6 is 27.5 Å². The van der Waals surface area contributed by atoms with Crippen LogP contribution in [0.5, 0.6) is 0 Å². The molecule has 0 radical (unpaired) electrons. The van der Waals surface area contributed by atoms with Crippen LogP contribution in [0.15, 0.2) is 51.7 Å². The van der Waals surface area contributed by atoms with Gasteiger partial charge in [-0.25, -0.2) is 4.98 Å². The third-order valence-electron chi connectivity index (χ3n) is 3.20. The lowest BCUT2D eigenvalue weighted by atomic mass is 10.1. The zero-order valence-corrected chi connectivity index (χ0v) is 14.0. The largest absolute Gasteiger partial charge is 0.305 e. The molecule has 1 N–H and O–H groups in total. The first-order valence-corrected chi connectivity index (χ1v) is 7.81. The first-order chi connectivity index (χ1) is 11.1. The Morgan fingerprint density at radius 3 is 2.87 bits per heavy atom. The van der Waals surface area contributed by atoms with E-state index in [4.69, 9.17) is 11.6 Å². The fourth-order valence-corrected chi connectivity index (χ4v) is 2.71. The van der Waals surface area contributed by atoms with Crippen LogP contribution in [0.4, 0.5) is 0 Å². The van der Waals surface area contributed by atoms with Gasteiger partial charge in [-0.2, -0.15) is 5.26 Å². The molecule has 0 aliphatic heterocycles. The molecule has 4 nitrogen and oxygen atoms in total. The number of allylic oxidation sites excluding steroid dienone is 1. The van der Waals surface area contributed by atoms with Gasteiger partial charge >= 0.3 is 0 Å². The van der Waals surface area contributed by atoms with Crippen molar-refractivity contribution >= 4 is 50.1 Å². The summed E-state index contributed by atoms with van der Waals surface area (Å²) in [6.45, 7) is 0. The second kappa shape index (κ2) is 6.37. The van der Waals surface area contributed by atoms with Gasteiger partial charge in [0.1, 0.15) is 6.07 Å². The summed E-state index contributed by atoms with van der Waals surface area (Å²) < 4.78 is 0.792. The van der Waals surface area contributed by atoms with E-state index in [2.05, 4.69) is 32.0 Å². The minimum Gasteiger partial charge on any atom is -0.305 e. The van der Waals surface area contributed by atoms with E-state index in [1.807, 2.05) is 6.07 Å². The summed E-state index contributed by atoms with van der Waals surface area (Å²) in [5.41, 5.74) is 1.25. The number of fused-ring (bicyclic) bond motifs is 1. The van der Waals surface area contributed by atoms with Crippen molar-refractivity contribution in [1.82, 2.24) is 9.97 Å². The molecule has 112 valence electrons. The molecule has 3 rings (SSSR count). The summed E-state index contributed by atoms with van der Waals surface area (Å²) in [4.78, 5) is 19.2. The number of benzene rings is 2. The lowest BCUT2D eigenvalue weighted by Crippen LogP contribution is -2.11. The first kappa shape index (κ1) is 15.5. The van der Waals surface area contributed by atoms with Crippen LogP contribution in [0.25, 0.3) is 22.6 Å². The second-order valence-corrected chi connectivity index (χ2v) is 6.15. The van der Waals surface area contributed by atoms with E-state index in [1.165, 1.54) is 0 Å². The number of rotatable bonds is 2. The van der Waals surface area contributed by atoms with Gasteiger partial charge in [-0.3, -0.25) is 4.79 Å². The van der Waals surface area contributed by atoms with Crippen molar-refractivity contribution in [1.29, 1.82) is 5.26 Å². The van der Waals surface area contributed by atoms with Crippen molar-refractivity contribution in [2.45, 2.75) is 0 Å². The van der Waals surface area contributed by atoms with E-state index >= 15 is 0 Å². The summed E-state index contributed by atoms with van der Waals surface area (Å²) in [6, 6.07) is 14.4. The van der Waals surface area contributed by atoms with Gasteiger partial charge in [0.2, 0.25) is 0 Å². The maximum absolute atomic E-state index is 12.2. The smallest absolute Gasteiger partial charge is 0.259 e. The lowest BCUT2D eigenvalue weighted by Gasteiger charge is -2.03. The molecule has 0 amide bonds. The summed E-state index contributed by atoms with van der Waals surface area (Å²) in [5.74, 6) is 0.229. The Kier molecular flexibility index (Phi) is 4.28. The Bertz CT molecular complexity index is 1030. The predicted molar refractivity (Wildman–Crippen MR) is 95.0 cm³/mol. The summed E-state index contributed by atoms with van der Waals surface area (Å²) in [7, 11) is 0. The zero-order chi connectivity index (χ0) is 16.4. The first-order valence-electron chi connectivity index (χ1n) is 6.64. The minimum atomic E-state index is -0.293. The van der Waals surface area contributed by atoms with Crippen molar-refractivity contribution in [2.24, 2.45) is 0 Å². The quantitative estimate of drug-likeness (QED) is 0.664. The molecule has 0 aliphatic rings. The number of hydrogen-bond donors (Lipinski definition) is 1. The third-order valence-corrected chi connectivity index (χ3v) is 3.93. The highest BCUT2D eigenvalue weighted by Gasteiger charge is 2.09. The number of hydrogen-bond acceptors (Lipinski definition) is 3. The van der Waals surface area contributed by atoms with Crippen molar-refractivity contribution in [3.05, 3.63) is 73.7 Å². The van der Waals surface area contributed by atoms with Gasteiger partial charge in [0, 0.05) is 9.50 Å². The number of aromatic amines is 1. The minimum absolute atomic E-state index is 0.229. The second-order valence-electron chi connectivity index (χ2n) is 4.80. The van der Waals surface area contributed by atoms with E-state index in [1.54, 1.807) is 42.5 Å². The molecular weight excluding hydrogens is 378 g/mol. The molecule has 0 saturated carbocycles. The van der Waals surface area contributed by atoms with Crippen LogP contribution < -0.4 is 5.56 Å². The highest BCUT2D eigenvalue weighted by molar-refractivity contribution is 9.10. The van der Waals surface area contributed by atoms with Crippen molar-refractivity contribution in [2.75, 3.05) is 0 Å². The number of nitrogens with one attached hydrogen (secondary N) is 1. The molecule has 23 heavy (non-hydrogen) atoms. The third kappa shape index (κ3) is 3.34. The molecule has 0 aliphatic carbocycles. The number of nitrogens with zero attached hydrogens (tertiary/aromatic N) is 2.